The van der Waals surface area contributed by atoms with Gasteiger partial charge >= 0.3 is 0 Å². The Labute approximate surface area is 155 Å². The summed E-state index contributed by atoms with van der Waals surface area (Å²) < 4.78 is 0. The molecule has 1 aliphatic rings. The maximum atomic E-state index is 13.1. The molecule has 26 heavy (non-hydrogen) atoms. The molecule has 6 heteroatoms. The number of hydrazone groups is 1. The summed E-state index contributed by atoms with van der Waals surface area (Å²) in [7, 11) is 0. The van der Waals surface area contributed by atoms with Gasteiger partial charge in [0.1, 0.15) is 5.75 Å². The second-order valence-corrected chi connectivity index (χ2v) is 6.94. The average molecular weight is 363 g/mol. The van der Waals surface area contributed by atoms with Crippen LogP contribution in [-0.4, -0.2) is 21.7 Å². The molecule has 130 valence electrons. The van der Waals surface area contributed by atoms with Crippen molar-refractivity contribution in [2.75, 3.05) is 5.32 Å². The van der Waals surface area contributed by atoms with Gasteiger partial charge in [0.15, 0.2) is 6.17 Å². The van der Waals surface area contributed by atoms with Gasteiger partial charge in [-0.2, -0.15) is 5.10 Å². The number of hydrogen-bond acceptors (Lipinski definition) is 5. The van der Waals surface area contributed by atoms with Crippen LogP contribution in [-0.2, 0) is 0 Å². The Morgan fingerprint density at radius 1 is 1.12 bits per heavy atom. The van der Waals surface area contributed by atoms with Gasteiger partial charge < -0.3 is 10.4 Å². The number of para-hydroxylation sites is 2. The van der Waals surface area contributed by atoms with Crippen LogP contribution >= 0.6 is 11.3 Å². The van der Waals surface area contributed by atoms with E-state index in [1.807, 2.05) is 41.8 Å². The molecule has 0 spiro atoms. The number of rotatable bonds is 3. The van der Waals surface area contributed by atoms with Gasteiger partial charge in [-0.15, -0.1) is 11.3 Å². The zero-order valence-electron chi connectivity index (χ0n) is 14.1. The first-order valence-electron chi connectivity index (χ1n) is 8.21. The molecule has 0 bridgehead atoms. The van der Waals surface area contributed by atoms with Crippen LogP contribution in [0.5, 0.6) is 5.75 Å². The van der Waals surface area contributed by atoms with Gasteiger partial charge in [-0.3, -0.25) is 4.79 Å². The largest absolute Gasteiger partial charge is 0.507 e. The summed E-state index contributed by atoms with van der Waals surface area (Å²) in [5, 5.41) is 21.5. The van der Waals surface area contributed by atoms with Gasteiger partial charge in [-0.1, -0.05) is 30.3 Å². The number of phenols is 1. The van der Waals surface area contributed by atoms with Gasteiger partial charge in [-0.25, -0.2) is 5.01 Å². The molecule has 2 heterocycles. The molecule has 0 aliphatic carbocycles. The van der Waals surface area contributed by atoms with Crippen LogP contribution in [0.4, 0.5) is 5.69 Å². The molecule has 0 fully saturated rings. The Bertz CT molecular complexity index is 982. The summed E-state index contributed by atoms with van der Waals surface area (Å²) in [6.07, 6.45) is -0.391. The van der Waals surface area contributed by atoms with Crippen LogP contribution < -0.4 is 5.32 Å². The molecule has 1 aromatic heterocycles. The number of fused-ring (bicyclic) bond motifs is 1. The van der Waals surface area contributed by atoms with Gasteiger partial charge in [0.2, 0.25) is 0 Å². The normalized spacial score (nSPS) is 17.0. The summed E-state index contributed by atoms with van der Waals surface area (Å²) in [6, 6.07) is 18.3. The lowest BCUT2D eigenvalue weighted by atomic mass is 10.1. The molecule has 2 aromatic carbocycles. The molecule has 2 N–H and O–H groups in total. The molecule has 5 nitrogen and oxygen atoms in total. The first-order chi connectivity index (χ1) is 12.6. The molecule has 1 aliphatic heterocycles. The van der Waals surface area contributed by atoms with Crippen LogP contribution in [0.3, 0.4) is 0 Å². The Hall–Kier alpha value is -3.12. The number of nitrogens with one attached hydrogen (secondary N) is 1. The first kappa shape index (κ1) is 16.4. The molecular formula is C20H17N3O2S. The average Bonchev–Trinajstić information content (AvgIpc) is 3.18. The number of benzene rings is 2. The minimum atomic E-state index is -0.391. The predicted molar refractivity (Wildman–Crippen MR) is 104 cm³/mol. The van der Waals surface area contributed by atoms with Crippen LogP contribution in [0, 0.1) is 0 Å². The van der Waals surface area contributed by atoms with E-state index in [9.17, 15) is 9.90 Å². The quantitative estimate of drug-likeness (QED) is 0.676. The van der Waals surface area contributed by atoms with E-state index in [1.165, 1.54) is 5.01 Å². The molecular weight excluding hydrogens is 346 g/mol. The Morgan fingerprint density at radius 2 is 1.88 bits per heavy atom. The third-order valence-electron chi connectivity index (χ3n) is 4.27. The molecule has 1 atom stereocenters. The first-order valence-corrected chi connectivity index (χ1v) is 9.09. The zero-order valence-corrected chi connectivity index (χ0v) is 14.9. The van der Waals surface area contributed by atoms with Crippen molar-refractivity contribution in [2.45, 2.75) is 13.1 Å². The molecule has 0 radical (unpaired) electrons. The molecule has 3 aromatic rings. The van der Waals surface area contributed by atoms with Crippen molar-refractivity contribution in [1.82, 2.24) is 5.01 Å². The van der Waals surface area contributed by atoms with E-state index in [-0.39, 0.29) is 11.7 Å². The predicted octanol–water partition coefficient (Wildman–Crippen LogP) is 4.44. The van der Waals surface area contributed by atoms with Crippen LogP contribution in [0.1, 0.15) is 33.9 Å². The lowest BCUT2D eigenvalue weighted by Gasteiger charge is -2.34. The van der Waals surface area contributed by atoms with Crippen molar-refractivity contribution in [3.8, 4) is 5.75 Å². The fraction of sp³-hybridized carbons (Fsp3) is 0.100. The topological polar surface area (TPSA) is 64.9 Å². The summed E-state index contributed by atoms with van der Waals surface area (Å²) >= 11 is 1.56. The highest BCUT2D eigenvalue weighted by Gasteiger charge is 2.33. The van der Waals surface area contributed by atoms with Crippen molar-refractivity contribution in [2.24, 2.45) is 5.10 Å². The fourth-order valence-electron chi connectivity index (χ4n) is 2.98. The van der Waals surface area contributed by atoms with Crippen LogP contribution in [0.2, 0.25) is 0 Å². The Kier molecular flexibility index (Phi) is 4.18. The summed E-state index contributed by atoms with van der Waals surface area (Å²) in [6.45, 7) is 1.79. The number of hydrogen-bond donors (Lipinski definition) is 2. The second-order valence-electron chi connectivity index (χ2n) is 5.96. The Balaban J connectivity index is 1.80. The highest BCUT2D eigenvalue weighted by molar-refractivity contribution is 7.10. The molecule has 4 rings (SSSR count). The Morgan fingerprint density at radius 3 is 2.65 bits per heavy atom. The number of nitrogens with zero attached hydrogens (tertiary/aromatic N) is 2. The van der Waals surface area contributed by atoms with Gasteiger partial charge in [0.25, 0.3) is 5.91 Å². The van der Waals surface area contributed by atoms with Crippen LogP contribution in [0.25, 0.3) is 0 Å². The minimum Gasteiger partial charge on any atom is -0.507 e. The number of aromatic hydroxyl groups is 1. The van der Waals surface area contributed by atoms with E-state index in [4.69, 9.17) is 0 Å². The molecule has 1 amide bonds. The summed E-state index contributed by atoms with van der Waals surface area (Å²) in [4.78, 5) is 14.1. The minimum absolute atomic E-state index is 0.138. The summed E-state index contributed by atoms with van der Waals surface area (Å²) in [5.41, 5.74) is 2.54. The number of phenolic OH excluding ortho intramolecular Hbond substituents is 1. The van der Waals surface area contributed by atoms with Gasteiger partial charge in [0, 0.05) is 16.1 Å². The SMILES string of the molecule is C/C(=N\N1C(=O)c2ccccc2N[C@H]1c1cccs1)c1ccccc1O. The second kappa shape index (κ2) is 6.65. The smallest absolute Gasteiger partial charge is 0.278 e. The maximum absolute atomic E-state index is 13.1. The van der Waals surface area contributed by atoms with Crippen molar-refractivity contribution in [1.29, 1.82) is 0 Å². The van der Waals surface area contributed by atoms with Crippen molar-refractivity contribution in [3.05, 3.63) is 82.0 Å². The third-order valence-corrected chi connectivity index (χ3v) is 5.19. The van der Waals surface area contributed by atoms with Gasteiger partial charge in [-0.05, 0) is 42.6 Å². The van der Waals surface area contributed by atoms with E-state index in [0.717, 1.165) is 10.6 Å². The number of carbonyl (C=O) groups is 1. The van der Waals surface area contributed by atoms with E-state index >= 15 is 0 Å². The molecule has 0 saturated carbocycles. The number of carbonyl (C=O) groups excluding carboxylic acids is 1. The van der Waals surface area contributed by atoms with E-state index in [2.05, 4.69) is 10.4 Å². The van der Waals surface area contributed by atoms with Crippen molar-refractivity contribution >= 4 is 28.6 Å². The van der Waals surface area contributed by atoms with Crippen LogP contribution in [0.15, 0.2) is 71.1 Å². The highest BCUT2D eigenvalue weighted by atomic mass is 32.1. The number of thiophene rings is 1. The lowest BCUT2D eigenvalue weighted by molar-refractivity contribution is 0.0692. The fourth-order valence-corrected chi connectivity index (χ4v) is 3.74. The lowest BCUT2D eigenvalue weighted by Crippen LogP contribution is -2.39. The highest BCUT2D eigenvalue weighted by Crippen LogP contribution is 2.35. The third kappa shape index (κ3) is 2.84. The standard InChI is InChI=1S/C20H17N3O2S/c1-13(14-7-3-5-10-17(14)24)22-23-19(18-11-6-12-26-18)21-16-9-4-2-8-15(16)20(23)25/h2-12,19,21,24H,1H3/b22-13+/t19-/m1/s1. The van der Waals surface area contributed by atoms with E-state index < -0.39 is 6.17 Å². The maximum Gasteiger partial charge on any atom is 0.278 e. The summed E-state index contributed by atoms with van der Waals surface area (Å²) in [5.74, 6) is -0.0354. The molecule has 0 saturated heterocycles. The van der Waals surface area contributed by atoms with Crippen molar-refractivity contribution in [3.63, 3.8) is 0 Å². The number of amides is 1. The molecule has 0 unspecified atom stereocenters. The van der Waals surface area contributed by atoms with Crippen molar-refractivity contribution < 1.29 is 9.90 Å². The van der Waals surface area contributed by atoms with E-state index in [0.29, 0.717) is 16.8 Å². The monoisotopic (exact) mass is 363 g/mol. The zero-order chi connectivity index (χ0) is 18.1. The van der Waals surface area contributed by atoms with E-state index in [1.54, 1.807) is 42.5 Å². The number of anilines is 1. The van der Waals surface area contributed by atoms with Gasteiger partial charge in [0.05, 0.1) is 11.3 Å².